The second-order valence-electron chi connectivity index (χ2n) is 3.93. The van der Waals surface area contributed by atoms with Crippen LogP contribution in [-0.4, -0.2) is 17.3 Å². The number of nitrogens with one attached hydrogen (secondary N) is 1. The summed E-state index contributed by atoms with van der Waals surface area (Å²) in [6.45, 7) is 5.08. The molecule has 1 aromatic carbocycles. The number of benzene rings is 1. The molecule has 0 aromatic heterocycles. The predicted molar refractivity (Wildman–Crippen MR) is 93.2 cm³/mol. The van der Waals surface area contributed by atoms with E-state index >= 15 is 0 Å². The summed E-state index contributed by atoms with van der Waals surface area (Å²) in [4.78, 5) is 11.6. The third-order valence-corrected chi connectivity index (χ3v) is 2.18. The van der Waals surface area contributed by atoms with Gasteiger partial charge in [0.05, 0.1) is 0 Å². The number of aliphatic hydroxyl groups is 1. The molecule has 2 N–H and O–H groups in total. The highest BCUT2D eigenvalue weighted by atomic mass is 32.1. The average molecular weight is 303 g/mol. The molecule has 0 unspecified atom stereocenters. The zero-order chi connectivity index (χ0) is 16.1. The SMILES string of the molecule is C=C(O)/C=C\C=C(/C)NC(=O)/C=C/c1ccccc1.CS. The molecule has 0 atom stereocenters. The quantitative estimate of drug-likeness (QED) is 0.334. The number of amides is 1. The number of aliphatic hydroxyl groups excluding tert-OH is 1. The second-order valence-corrected chi connectivity index (χ2v) is 3.93. The van der Waals surface area contributed by atoms with Crippen molar-refractivity contribution in [1.82, 2.24) is 5.32 Å². The fraction of sp³-hybridized carbons (Fsp3) is 0.118. The second kappa shape index (κ2) is 11.6. The van der Waals surface area contributed by atoms with Gasteiger partial charge in [0, 0.05) is 11.8 Å². The summed E-state index contributed by atoms with van der Waals surface area (Å²) >= 11 is 3.53. The van der Waals surface area contributed by atoms with Crippen LogP contribution in [0.3, 0.4) is 0 Å². The summed E-state index contributed by atoms with van der Waals surface area (Å²) in [5, 5.41) is 11.5. The van der Waals surface area contributed by atoms with Crippen LogP contribution in [0.5, 0.6) is 0 Å². The number of hydrogen-bond acceptors (Lipinski definition) is 3. The van der Waals surface area contributed by atoms with E-state index in [1.54, 1.807) is 31.4 Å². The fourth-order valence-corrected chi connectivity index (χ4v) is 1.32. The van der Waals surface area contributed by atoms with E-state index < -0.39 is 0 Å². The number of thiol groups is 1. The molecule has 0 saturated carbocycles. The van der Waals surface area contributed by atoms with Gasteiger partial charge in [-0.2, -0.15) is 12.6 Å². The van der Waals surface area contributed by atoms with E-state index in [0.717, 1.165) is 5.56 Å². The molecule has 21 heavy (non-hydrogen) atoms. The van der Waals surface area contributed by atoms with Crippen LogP contribution in [0.2, 0.25) is 0 Å². The smallest absolute Gasteiger partial charge is 0.248 e. The average Bonchev–Trinajstić information content (AvgIpc) is 2.48. The summed E-state index contributed by atoms with van der Waals surface area (Å²) in [6.07, 6.45) is 9.64. The highest BCUT2D eigenvalue weighted by molar-refractivity contribution is 7.79. The maximum absolute atomic E-state index is 11.6. The molecule has 0 heterocycles. The third-order valence-electron chi connectivity index (χ3n) is 2.18. The molecule has 4 heteroatoms. The Balaban J connectivity index is 0.00000191. The molecular weight excluding hydrogens is 282 g/mol. The predicted octanol–water partition coefficient (Wildman–Crippen LogP) is 3.89. The molecule has 0 saturated heterocycles. The molecule has 3 nitrogen and oxygen atoms in total. The lowest BCUT2D eigenvalue weighted by molar-refractivity contribution is -0.115. The first-order valence-corrected chi connectivity index (χ1v) is 7.19. The maximum atomic E-state index is 11.6. The van der Waals surface area contributed by atoms with Crippen LogP contribution in [0.4, 0.5) is 0 Å². The van der Waals surface area contributed by atoms with Gasteiger partial charge in [-0.25, -0.2) is 0 Å². The van der Waals surface area contributed by atoms with Gasteiger partial charge in [0.2, 0.25) is 5.91 Å². The molecule has 0 radical (unpaired) electrons. The van der Waals surface area contributed by atoms with Gasteiger partial charge in [-0.15, -0.1) is 0 Å². The van der Waals surface area contributed by atoms with Crippen molar-refractivity contribution in [3.8, 4) is 0 Å². The highest BCUT2D eigenvalue weighted by Crippen LogP contribution is 2.00. The third kappa shape index (κ3) is 10.3. The summed E-state index contributed by atoms with van der Waals surface area (Å²) < 4.78 is 0. The molecule has 0 aliphatic rings. The number of hydrogen-bond donors (Lipinski definition) is 3. The van der Waals surface area contributed by atoms with E-state index in [1.807, 2.05) is 30.3 Å². The van der Waals surface area contributed by atoms with Crippen LogP contribution in [0.1, 0.15) is 12.5 Å². The number of carbonyl (C=O) groups is 1. The Morgan fingerprint density at radius 1 is 1.24 bits per heavy atom. The van der Waals surface area contributed by atoms with E-state index in [9.17, 15) is 4.79 Å². The minimum Gasteiger partial charge on any atom is -0.509 e. The normalized spacial score (nSPS) is 11.1. The summed E-state index contributed by atoms with van der Waals surface area (Å²) in [6, 6.07) is 9.58. The molecule has 1 amide bonds. The van der Waals surface area contributed by atoms with Crippen molar-refractivity contribution >= 4 is 24.6 Å². The van der Waals surface area contributed by atoms with E-state index in [2.05, 4.69) is 24.5 Å². The molecule has 0 spiro atoms. The van der Waals surface area contributed by atoms with Crippen molar-refractivity contribution in [2.45, 2.75) is 6.92 Å². The topological polar surface area (TPSA) is 49.3 Å². The van der Waals surface area contributed by atoms with Crippen LogP contribution in [0, 0.1) is 0 Å². The minimum absolute atomic E-state index is 0.0284. The Hall–Kier alpha value is -2.20. The Bertz CT molecular complexity index is 531. The van der Waals surface area contributed by atoms with E-state index in [0.29, 0.717) is 5.70 Å². The van der Waals surface area contributed by atoms with Crippen molar-refractivity contribution in [2.24, 2.45) is 0 Å². The van der Waals surface area contributed by atoms with Gasteiger partial charge < -0.3 is 10.4 Å². The van der Waals surface area contributed by atoms with Crippen molar-refractivity contribution < 1.29 is 9.90 Å². The summed E-state index contributed by atoms with van der Waals surface area (Å²) in [7, 11) is 0. The molecular formula is C17H21NO2S. The van der Waals surface area contributed by atoms with Gasteiger partial charge in [-0.3, -0.25) is 4.79 Å². The lowest BCUT2D eigenvalue weighted by atomic mass is 10.2. The number of rotatable bonds is 5. The number of carbonyl (C=O) groups excluding carboxylic acids is 1. The fourth-order valence-electron chi connectivity index (χ4n) is 1.32. The largest absolute Gasteiger partial charge is 0.509 e. The van der Waals surface area contributed by atoms with Crippen molar-refractivity contribution in [2.75, 3.05) is 6.26 Å². The maximum Gasteiger partial charge on any atom is 0.248 e. The molecule has 112 valence electrons. The van der Waals surface area contributed by atoms with Crippen LogP contribution in [-0.2, 0) is 4.79 Å². The molecule has 0 aliphatic carbocycles. The van der Waals surface area contributed by atoms with Crippen LogP contribution in [0.15, 0.2) is 72.7 Å². The van der Waals surface area contributed by atoms with Crippen molar-refractivity contribution in [3.05, 3.63) is 78.2 Å². The van der Waals surface area contributed by atoms with E-state index in [-0.39, 0.29) is 11.7 Å². The minimum atomic E-state index is -0.200. The van der Waals surface area contributed by atoms with Gasteiger partial charge in [-0.1, -0.05) is 43.0 Å². The Morgan fingerprint density at radius 2 is 1.86 bits per heavy atom. The first-order valence-electron chi connectivity index (χ1n) is 6.29. The molecule has 0 aliphatic heterocycles. The number of allylic oxidation sites excluding steroid dienone is 4. The lowest BCUT2D eigenvalue weighted by Gasteiger charge is -2.00. The highest BCUT2D eigenvalue weighted by Gasteiger charge is 1.94. The lowest BCUT2D eigenvalue weighted by Crippen LogP contribution is -2.18. The molecule has 1 rings (SSSR count). The van der Waals surface area contributed by atoms with Gasteiger partial charge in [0.15, 0.2) is 0 Å². The van der Waals surface area contributed by atoms with Crippen LogP contribution < -0.4 is 5.32 Å². The van der Waals surface area contributed by atoms with Crippen LogP contribution in [0.25, 0.3) is 6.08 Å². The monoisotopic (exact) mass is 303 g/mol. The molecule has 1 aromatic rings. The molecule has 0 bridgehead atoms. The zero-order valence-electron chi connectivity index (χ0n) is 12.3. The Morgan fingerprint density at radius 3 is 2.43 bits per heavy atom. The zero-order valence-corrected chi connectivity index (χ0v) is 13.2. The van der Waals surface area contributed by atoms with Crippen molar-refractivity contribution in [3.63, 3.8) is 0 Å². The molecule has 0 fully saturated rings. The van der Waals surface area contributed by atoms with Gasteiger partial charge in [0.1, 0.15) is 5.76 Å². The van der Waals surface area contributed by atoms with Gasteiger partial charge in [-0.05, 0) is 37.0 Å². The van der Waals surface area contributed by atoms with E-state index in [4.69, 9.17) is 5.11 Å². The van der Waals surface area contributed by atoms with Gasteiger partial charge in [0.25, 0.3) is 0 Å². The van der Waals surface area contributed by atoms with E-state index in [1.165, 1.54) is 12.2 Å². The standard InChI is InChI=1S/C16H17NO2.CH4S/c1-13(7-6-8-14(2)18)17-16(19)12-11-15-9-4-3-5-10-15;1-2/h3-12,18H,2H2,1H3,(H,17,19);2H,1H3/b8-6-,12-11+,13-7+;. The van der Waals surface area contributed by atoms with Crippen molar-refractivity contribution in [1.29, 1.82) is 0 Å². The van der Waals surface area contributed by atoms with Crippen LogP contribution >= 0.6 is 12.6 Å². The summed E-state index contributed by atoms with van der Waals surface area (Å²) in [5.74, 6) is -0.229. The van der Waals surface area contributed by atoms with Gasteiger partial charge >= 0.3 is 0 Å². The first kappa shape index (κ1) is 18.8. The Labute approximate surface area is 131 Å². The Kier molecular flexibility index (Phi) is 10.4. The summed E-state index contributed by atoms with van der Waals surface area (Å²) in [5.41, 5.74) is 1.65. The first-order chi connectivity index (χ1) is 10.1.